The second-order valence-corrected chi connectivity index (χ2v) is 6.71. The Morgan fingerprint density at radius 1 is 1.14 bits per heavy atom. The van der Waals surface area contributed by atoms with E-state index in [2.05, 4.69) is 20.8 Å². The highest BCUT2D eigenvalue weighted by Crippen LogP contribution is 2.69. The average molecular weight is 194 g/mol. The van der Waals surface area contributed by atoms with Gasteiger partial charge in [0.25, 0.3) is 0 Å². The number of hydrogen-bond donors (Lipinski definition) is 1. The summed E-state index contributed by atoms with van der Waals surface area (Å²) in [6.07, 6.45) is 5.16. The monoisotopic (exact) mass is 194 g/mol. The van der Waals surface area contributed by atoms with E-state index < -0.39 is 0 Å². The van der Waals surface area contributed by atoms with Crippen LogP contribution in [0.4, 0.5) is 0 Å². The van der Waals surface area contributed by atoms with Gasteiger partial charge in [0.1, 0.15) is 0 Å². The predicted octanol–water partition coefficient (Wildman–Crippen LogP) is 2.83. The van der Waals surface area contributed by atoms with Gasteiger partial charge in [0, 0.05) is 0 Å². The molecule has 3 aliphatic rings. The van der Waals surface area contributed by atoms with Gasteiger partial charge in [0.15, 0.2) is 0 Å². The Bertz CT molecular complexity index is 270. The molecule has 3 rings (SSSR count). The Hall–Kier alpha value is -0.0400. The van der Waals surface area contributed by atoms with Crippen molar-refractivity contribution < 1.29 is 5.11 Å². The Balaban J connectivity index is 1.98. The van der Waals surface area contributed by atoms with Crippen molar-refractivity contribution >= 4 is 0 Å². The van der Waals surface area contributed by atoms with Crippen LogP contribution < -0.4 is 0 Å². The van der Waals surface area contributed by atoms with Crippen LogP contribution in [0.2, 0.25) is 0 Å². The van der Waals surface area contributed by atoms with Crippen molar-refractivity contribution in [3.63, 3.8) is 0 Å². The molecule has 0 aliphatic heterocycles. The molecule has 80 valence electrons. The van der Waals surface area contributed by atoms with E-state index in [-0.39, 0.29) is 11.0 Å². The summed E-state index contributed by atoms with van der Waals surface area (Å²) in [5.41, 5.74) is -0.129. The number of aliphatic hydroxyl groups is 1. The lowest BCUT2D eigenvalue weighted by Gasteiger charge is -2.44. The fraction of sp³-hybridized carbons (Fsp3) is 1.00. The van der Waals surface area contributed by atoms with Crippen molar-refractivity contribution in [2.75, 3.05) is 0 Å². The molecule has 3 saturated carbocycles. The third kappa shape index (κ3) is 0.856. The summed E-state index contributed by atoms with van der Waals surface area (Å²) in [5.74, 6) is 3.52. The molecule has 1 nitrogen and oxygen atoms in total. The molecule has 0 radical (unpaired) electrons. The Morgan fingerprint density at radius 2 is 1.86 bits per heavy atom. The molecule has 0 aromatic rings. The number of rotatable bonds is 0. The summed E-state index contributed by atoms with van der Waals surface area (Å²) in [4.78, 5) is 0. The minimum Gasteiger partial charge on any atom is -0.390 e. The fourth-order valence-corrected chi connectivity index (χ4v) is 5.02. The summed E-state index contributed by atoms with van der Waals surface area (Å²) in [6.45, 7) is 6.80. The lowest BCUT2D eigenvalue weighted by Crippen LogP contribution is -2.46. The van der Waals surface area contributed by atoms with Crippen LogP contribution in [0.3, 0.4) is 0 Å². The van der Waals surface area contributed by atoms with Crippen molar-refractivity contribution in [2.45, 2.75) is 52.1 Å². The molecule has 6 atom stereocenters. The van der Waals surface area contributed by atoms with Crippen LogP contribution in [-0.4, -0.2) is 10.7 Å². The average Bonchev–Trinajstić information content (AvgIpc) is 2.58. The molecule has 0 aromatic carbocycles. The first kappa shape index (κ1) is 9.21. The summed E-state index contributed by atoms with van der Waals surface area (Å²) in [6, 6.07) is 0. The fourth-order valence-electron chi connectivity index (χ4n) is 5.02. The van der Waals surface area contributed by atoms with Gasteiger partial charge in [0.05, 0.1) is 5.60 Å². The van der Waals surface area contributed by atoms with Gasteiger partial charge in [-0.3, -0.25) is 0 Å². The van der Waals surface area contributed by atoms with E-state index in [0.717, 1.165) is 30.1 Å². The van der Waals surface area contributed by atoms with Gasteiger partial charge in [-0.25, -0.2) is 0 Å². The van der Waals surface area contributed by atoms with Crippen molar-refractivity contribution in [3.05, 3.63) is 0 Å². The molecule has 3 fully saturated rings. The lowest BCUT2D eigenvalue weighted by molar-refractivity contribution is -0.0867. The second-order valence-electron chi connectivity index (χ2n) is 6.71. The quantitative estimate of drug-likeness (QED) is 0.628. The zero-order valence-electron chi connectivity index (χ0n) is 9.59. The van der Waals surface area contributed by atoms with Gasteiger partial charge in [-0.2, -0.15) is 0 Å². The third-order valence-corrected chi connectivity index (χ3v) is 5.85. The van der Waals surface area contributed by atoms with Crippen molar-refractivity contribution in [2.24, 2.45) is 29.1 Å². The lowest BCUT2D eigenvalue weighted by atomic mass is 9.64. The second kappa shape index (κ2) is 2.37. The molecule has 1 heteroatoms. The maximum absolute atomic E-state index is 10.5. The molecular weight excluding hydrogens is 172 g/mol. The van der Waals surface area contributed by atoms with Crippen LogP contribution in [0.1, 0.15) is 46.5 Å². The summed E-state index contributed by atoms with van der Waals surface area (Å²) >= 11 is 0. The zero-order valence-corrected chi connectivity index (χ0v) is 9.59. The molecule has 0 spiro atoms. The third-order valence-electron chi connectivity index (χ3n) is 5.85. The molecule has 0 amide bonds. The van der Waals surface area contributed by atoms with Crippen LogP contribution >= 0.6 is 0 Å². The normalized spacial score (nSPS) is 66.0. The predicted molar refractivity (Wildman–Crippen MR) is 56.8 cm³/mol. The summed E-state index contributed by atoms with van der Waals surface area (Å²) in [5, 5.41) is 10.5. The number of fused-ring (bicyclic) bond motifs is 5. The minimum absolute atomic E-state index is 0.243. The highest BCUT2D eigenvalue weighted by Gasteiger charge is 2.66. The molecule has 0 heterocycles. The first-order chi connectivity index (χ1) is 6.44. The van der Waals surface area contributed by atoms with Gasteiger partial charge in [-0.05, 0) is 61.7 Å². The van der Waals surface area contributed by atoms with Crippen molar-refractivity contribution in [1.29, 1.82) is 0 Å². The molecule has 1 N–H and O–H groups in total. The number of hydrogen-bond acceptors (Lipinski definition) is 1. The topological polar surface area (TPSA) is 20.2 Å². The van der Waals surface area contributed by atoms with Gasteiger partial charge >= 0.3 is 0 Å². The highest BCUT2D eigenvalue weighted by atomic mass is 16.3. The van der Waals surface area contributed by atoms with E-state index in [1.165, 1.54) is 19.3 Å². The summed E-state index contributed by atoms with van der Waals surface area (Å²) < 4.78 is 0. The molecule has 14 heavy (non-hydrogen) atoms. The molecule has 2 bridgehead atoms. The first-order valence-corrected chi connectivity index (χ1v) is 6.16. The van der Waals surface area contributed by atoms with Crippen molar-refractivity contribution in [1.82, 2.24) is 0 Å². The Morgan fingerprint density at radius 3 is 2.57 bits per heavy atom. The van der Waals surface area contributed by atoms with Gasteiger partial charge < -0.3 is 5.11 Å². The van der Waals surface area contributed by atoms with Crippen molar-refractivity contribution in [3.8, 4) is 0 Å². The standard InChI is InChI=1S/C13H22O/c1-8-4-10-9-6-12(2,11(10)5-8)13(3,14)7-9/h8-11,14H,4-7H2,1-3H3. The SMILES string of the molecule is CC1CC2C3CC(C)(O)C(C)(C3)C2C1. The maximum Gasteiger partial charge on any atom is 0.0678 e. The molecule has 0 aromatic heterocycles. The van der Waals surface area contributed by atoms with Gasteiger partial charge in [-0.1, -0.05) is 13.8 Å². The minimum atomic E-state index is -0.372. The maximum atomic E-state index is 10.5. The van der Waals surface area contributed by atoms with E-state index in [4.69, 9.17) is 0 Å². The van der Waals surface area contributed by atoms with Crippen LogP contribution in [0.25, 0.3) is 0 Å². The molecular formula is C13H22O. The van der Waals surface area contributed by atoms with Crippen LogP contribution in [-0.2, 0) is 0 Å². The van der Waals surface area contributed by atoms with Crippen LogP contribution in [0, 0.1) is 29.1 Å². The van der Waals surface area contributed by atoms with E-state index in [1.54, 1.807) is 0 Å². The Labute approximate surface area is 86.9 Å². The van der Waals surface area contributed by atoms with Crippen LogP contribution in [0.5, 0.6) is 0 Å². The molecule has 3 aliphatic carbocycles. The highest BCUT2D eigenvalue weighted by molar-refractivity contribution is 5.15. The smallest absolute Gasteiger partial charge is 0.0678 e. The van der Waals surface area contributed by atoms with Gasteiger partial charge in [0.2, 0.25) is 0 Å². The molecule has 0 saturated heterocycles. The van der Waals surface area contributed by atoms with E-state index in [1.807, 2.05) is 0 Å². The van der Waals surface area contributed by atoms with Crippen LogP contribution in [0.15, 0.2) is 0 Å². The molecule has 6 unspecified atom stereocenters. The van der Waals surface area contributed by atoms with E-state index in [9.17, 15) is 5.11 Å². The largest absolute Gasteiger partial charge is 0.390 e. The first-order valence-electron chi connectivity index (χ1n) is 6.16. The summed E-state index contributed by atoms with van der Waals surface area (Å²) in [7, 11) is 0. The zero-order chi connectivity index (χ0) is 10.1. The van der Waals surface area contributed by atoms with E-state index >= 15 is 0 Å². The van der Waals surface area contributed by atoms with Gasteiger partial charge in [-0.15, -0.1) is 0 Å². The Kier molecular flexibility index (Phi) is 1.56. The van der Waals surface area contributed by atoms with E-state index in [0.29, 0.717) is 0 Å².